The first-order chi connectivity index (χ1) is 13.3. The lowest BCUT2D eigenvalue weighted by molar-refractivity contribution is -0.122. The largest absolute Gasteiger partial charge is 0.493 e. The van der Waals surface area contributed by atoms with E-state index >= 15 is 0 Å². The van der Waals surface area contributed by atoms with Crippen LogP contribution in [-0.4, -0.2) is 31.3 Å². The fourth-order valence-corrected chi connectivity index (χ4v) is 2.53. The van der Waals surface area contributed by atoms with Gasteiger partial charge in [-0.05, 0) is 51.5 Å². The van der Waals surface area contributed by atoms with Crippen molar-refractivity contribution in [3.05, 3.63) is 46.9 Å². The highest BCUT2D eigenvalue weighted by Crippen LogP contribution is 2.28. The van der Waals surface area contributed by atoms with Gasteiger partial charge in [0.25, 0.3) is 5.91 Å². The Kier molecular flexibility index (Phi) is 7.20. The zero-order valence-electron chi connectivity index (χ0n) is 16.4. The number of hydrazine groups is 1. The number of furan rings is 1. The number of rotatable bonds is 8. The molecule has 28 heavy (non-hydrogen) atoms. The van der Waals surface area contributed by atoms with Crippen LogP contribution in [0.1, 0.15) is 52.0 Å². The molecule has 0 bridgehead atoms. The SMILES string of the molecule is COc1cc(C(C)=O)ccc1OCCCC(=O)NNC(=O)c1cc(C)oc1C. The minimum Gasteiger partial charge on any atom is -0.493 e. The van der Waals surface area contributed by atoms with E-state index in [0.717, 1.165) is 0 Å². The number of carbonyl (C=O) groups excluding carboxylic acids is 3. The lowest BCUT2D eigenvalue weighted by Gasteiger charge is -2.11. The summed E-state index contributed by atoms with van der Waals surface area (Å²) < 4.78 is 16.1. The lowest BCUT2D eigenvalue weighted by Crippen LogP contribution is -2.41. The predicted octanol–water partition coefficient (Wildman–Crippen LogP) is 2.73. The monoisotopic (exact) mass is 388 g/mol. The summed E-state index contributed by atoms with van der Waals surface area (Å²) in [5, 5.41) is 0. The molecule has 2 N–H and O–H groups in total. The van der Waals surface area contributed by atoms with Crippen LogP contribution in [0.15, 0.2) is 28.7 Å². The van der Waals surface area contributed by atoms with Crippen LogP contribution >= 0.6 is 0 Å². The summed E-state index contributed by atoms with van der Waals surface area (Å²) in [6.07, 6.45) is 0.598. The molecule has 0 atom stereocenters. The summed E-state index contributed by atoms with van der Waals surface area (Å²) in [5.74, 6) is 1.22. The van der Waals surface area contributed by atoms with Gasteiger partial charge >= 0.3 is 0 Å². The van der Waals surface area contributed by atoms with Gasteiger partial charge in [0.1, 0.15) is 11.5 Å². The van der Waals surface area contributed by atoms with Crippen molar-refractivity contribution in [3.63, 3.8) is 0 Å². The number of benzene rings is 1. The molecule has 1 aromatic carbocycles. The summed E-state index contributed by atoms with van der Waals surface area (Å²) in [6, 6.07) is 6.53. The molecule has 1 heterocycles. The Morgan fingerprint density at radius 3 is 2.43 bits per heavy atom. The second-order valence-corrected chi connectivity index (χ2v) is 6.20. The summed E-state index contributed by atoms with van der Waals surface area (Å²) >= 11 is 0. The third-order valence-corrected chi connectivity index (χ3v) is 3.98. The summed E-state index contributed by atoms with van der Waals surface area (Å²) in [5.41, 5.74) is 5.62. The maximum atomic E-state index is 12.0. The van der Waals surface area contributed by atoms with Crippen LogP contribution in [0.2, 0.25) is 0 Å². The summed E-state index contributed by atoms with van der Waals surface area (Å²) in [7, 11) is 1.49. The van der Waals surface area contributed by atoms with Gasteiger partial charge in [0.05, 0.1) is 19.3 Å². The van der Waals surface area contributed by atoms with Crippen molar-refractivity contribution in [1.82, 2.24) is 10.9 Å². The Bertz CT molecular complexity index is 872. The first-order valence-electron chi connectivity index (χ1n) is 8.79. The smallest absolute Gasteiger partial charge is 0.273 e. The second kappa shape index (κ2) is 9.59. The number of amides is 2. The number of Topliss-reactive ketones (excluding diaryl/α,β-unsaturated/α-hetero) is 1. The van der Waals surface area contributed by atoms with E-state index in [-0.39, 0.29) is 24.7 Å². The van der Waals surface area contributed by atoms with E-state index < -0.39 is 5.91 Å². The van der Waals surface area contributed by atoms with Crippen molar-refractivity contribution in [2.45, 2.75) is 33.6 Å². The Morgan fingerprint density at radius 1 is 1.07 bits per heavy atom. The average molecular weight is 388 g/mol. The Hall–Kier alpha value is -3.29. The highest BCUT2D eigenvalue weighted by atomic mass is 16.5. The van der Waals surface area contributed by atoms with Gasteiger partial charge in [-0.3, -0.25) is 25.2 Å². The molecule has 0 unspecified atom stereocenters. The third kappa shape index (κ3) is 5.60. The van der Waals surface area contributed by atoms with Crippen LogP contribution in [0.3, 0.4) is 0 Å². The number of hydrogen-bond donors (Lipinski definition) is 2. The number of aryl methyl sites for hydroxylation is 2. The van der Waals surface area contributed by atoms with Crippen molar-refractivity contribution in [1.29, 1.82) is 0 Å². The quantitative estimate of drug-likeness (QED) is 0.409. The molecule has 0 fully saturated rings. The molecule has 0 aliphatic carbocycles. The van der Waals surface area contributed by atoms with Gasteiger partial charge in [-0.25, -0.2) is 0 Å². The summed E-state index contributed by atoms with van der Waals surface area (Å²) in [6.45, 7) is 5.17. The molecule has 2 amide bonds. The van der Waals surface area contributed by atoms with Gasteiger partial charge in [-0.1, -0.05) is 0 Å². The number of carbonyl (C=O) groups is 3. The molecule has 0 saturated carbocycles. The normalized spacial score (nSPS) is 10.3. The average Bonchev–Trinajstić information content (AvgIpc) is 3.01. The van der Waals surface area contributed by atoms with Gasteiger partial charge in [0.15, 0.2) is 17.3 Å². The molecule has 2 aromatic rings. The molecule has 8 nitrogen and oxygen atoms in total. The molecule has 0 radical (unpaired) electrons. The molecule has 0 saturated heterocycles. The fraction of sp³-hybridized carbons (Fsp3) is 0.350. The number of nitrogens with one attached hydrogen (secondary N) is 2. The molecule has 1 aromatic heterocycles. The van der Waals surface area contributed by atoms with E-state index in [0.29, 0.717) is 40.6 Å². The zero-order valence-corrected chi connectivity index (χ0v) is 16.4. The van der Waals surface area contributed by atoms with Gasteiger partial charge in [0.2, 0.25) is 5.91 Å². The van der Waals surface area contributed by atoms with E-state index in [1.165, 1.54) is 14.0 Å². The highest BCUT2D eigenvalue weighted by Gasteiger charge is 2.14. The summed E-state index contributed by atoms with van der Waals surface area (Å²) in [4.78, 5) is 35.3. The molecular formula is C20H24N2O6. The Morgan fingerprint density at radius 2 is 1.82 bits per heavy atom. The lowest BCUT2D eigenvalue weighted by atomic mass is 10.1. The molecule has 0 aliphatic rings. The third-order valence-electron chi connectivity index (χ3n) is 3.98. The van der Waals surface area contributed by atoms with Crippen LogP contribution in [0.5, 0.6) is 11.5 Å². The minimum atomic E-state index is -0.436. The first-order valence-corrected chi connectivity index (χ1v) is 8.79. The Labute approximate surface area is 163 Å². The standard InChI is InChI=1S/C20H24N2O6/c1-12-10-16(14(3)28-12)20(25)22-21-19(24)6-5-9-27-17-8-7-15(13(2)23)11-18(17)26-4/h7-8,10-11H,5-6,9H2,1-4H3,(H,21,24)(H,22,25). The van der Waals surface area contributed by atoms with Crippen molar-refractivity contribution < 1.29 is 28.3 Å². The number of methoxy groups -OCH3 is 1. The first kappa shape index (κ1) is 21.0. The Balaban J connectivity index is 1.74. The maximum absolute atomic E-state index is 12.0. The van der Waals surface area contributed by atoms with Crippen molar-refractivity contribution in [2.75, 3.05) is 13.7 Å². The van der Waals surface area contributed by atoms with E-state index in [4.69, 9.17) is 13.9 Å². The van der Waals surface area contributed by atoms with Crippen molar-refractivity contribution in [3.8, 4) is 11.5 Å². The van der Waals surface area contributed by atoms with Crippen LogP contribution in [-0.2, 0) is 4.79 Å². The second-order valence-electron chi connectivity index (χ2n) is 6.20. The van der Waals surface area contributed by atoms with Crippen LogP contribution in [0, 0.1) is 13.8 Å². The molecule has 8 heteroatoms. The molecule has 0 aliphatic heterocycles. The molecule has 0 spiro atoms. The minimum absolute atomic E-state index is 0.0654. The van der Waals surface area contributed by atoms with Crippen LogP contribution in [0.25, 0.3) is 0 Å². The molecule has 2 rings (SSSR count). The van der Waals surface area contributed by atoms with Gasteiger partial charge in [-0.2, -0.15) is 0 Å². The molecular weight excluding hydrogens is 364 g/mol. The number of ether oxygens (including phenoxy) is 2. The van der Waals surface area contributed by atoms with Gasteiger partial charge in [-0.15, -0.1) is 0 Å². The zero-order chi connectivity index (χ0) is 20.7. The van der Waals surface area contributed by atoms with E-state index in [1.807, 2.05) is 0 Å². The topological polar surface area (TPSA) is 107 Å². The van der Waals surface area contributed by atoms with E-state index in [2.05, 4.69) is 10.9 Å². The fourth-order valence-electron chi connectivity index (χ4n) is 2.53. The van der Waals surface area contributed by atoms with E-state index in [9.17, 15) is 14.4 Å². The maximum Gasteiger partial charge on any atom is 0.273 e. The van der Waals surface area contributed by atoms with Crippen LogP contribution in [0.4, 0.5) is 0 Å². The number of ketones is 1. The van der Waals surface area contributed by atoms with Crippen LogP contribution < -0.4 is 20.3 Å². The highest BCUT2D eigenvalue weighted by molar-refractivity contribution is 5.96. The van der Waals surface area contributed by atoms with Crippen molar-refractivity contribution in [2.24, 2.45) is 0 Å². The van der Waals surface area contributed by atoms with E-state index in [1.54, 1.807) is 38.1 Å². The van der Waals surface area contributed by atoms with Gasteiger partial charge < -0.3 is 13.9 Å². The molecule has 150 valence electrons. The van der Waals surface area contributed by atoms with Gasteiger partial charge in [0, 0.05) is 12.0 Å². The number of hydrogen-bond acceptors (Lipinski definition) is 6. The predicted molar refractivity (Wildman–Crippen MR) is 102 cm³/mol. The van der Waals surface area contributed by atoms with Crippen molar-refractivity contribution >= 4 is 17.6 Å².